The van der Waals surface area contributed by atoms with Gasteiger partial charge >= 0.3 is 0 Å². The zero-order chi connectivity index (χ0) is 7.72. The first kappa shape index (κ1) is 7.73. The Bertz CT molecular complexity index is 142. The minimum absolute atomic E-state index is 0.130. The number of hydrogen-bond donors (Lipinski definition) is 0. The Morgan fingerprint density at radius 2 is 2.10 bits per heavy atom. The second kappa shape index (κ2) is 2.70. The summed E-state index contributed by atoms with van der Waals surface area (Å²) < 4.78 is 5.06. The molecule has 1 saturated carbocycles. The van der Waals surface area contributed by atoms with Gasteiger partial charge in [0.15, 0.2) is 5.78 Å². The number of Topliss-reactive ketones (excluding diaryl/α,β-unsaturated/α-hetero) is 1. The van der Waals surface area contributed by atoms with E-state index in [4.69, 9.17) is 4.74 Å². The van der Waals surface area contributed by atoms with Crippen LogP contribution in [0.2, 0.25) is 0 Å². The molecule has 1 rings (SSSR count). The molecule has 58 valence electrons. The van der Waals surface area contributed by atoms with Crippen LogP contribution in [0.5, 0.6) is 0 Å². The van der Waals surface area contributed by atoms with Gasteiger partial charge < -0.3 is 4.74 Å². The predicted octanol–water partition coefficient (Wildman–Crippen LogP) is 1.25. The van der Waals surface area contributed by atoms with Crippen LogP contribution in [-0.4, -0.2) is 19.0 Å². The minimum Gasteiger partial charge on any atom is -0.373 e. The van der Waals surface area contributed by atoms with Crippen molar-refractivity contribution in [1.29, 1.82) is 0 Å². The van der Waals surface area contributed by atoms with Crippen LogP contribution in [0.1, 0.15) is 20.3 Å². The fourth-order valence-electron chi connectivity index (χ4n) is 1.56. The number of hydrogen-bond acceptors (Lipinski definition) is 2. The highest BCUT2D eigenvalue weighted by molar-refractivity contribution is 5.85. The summed E-state index contributed by atoms with van der Waals surface area (Å²) in [6.07, 6.45) is 0.564. The summed E-state index contributed by atoms with van der Waals surface area (Å²) >= 11 is 0. The molecule has 0 aromatic heterocycles. The lowest BCUT2D eigenvalue weighted by atomic mass is 9.99. The number of ether oxygens (including phenoxy) is 1. The van der Waals surface area contributed by atoms with Crippen LogP contribution in [0, 0.1) is 11.8 Å². The average molecular weight is 142 g/mol. The van der Waals surface area contributed by atoms with Crippen molar-refractivity contribution in [2.75, 3.05) is 7.11 Å². The number of carbonyl (C=O) groups is 1. The van der Waals surface area contributed by atoms with Crippen molar-refractivity contribution in [1.82, 2.24) is 0 Å². The Morgan fingerprint density at radius 1 is 1.50 bits per heavy atom. The number of ketones is 1. The van der Waals surface area contributed by atoms with Crippen molar-refractivity contribution < 1.29 is 9.53 Å². The van der Waals surface area contributed by atoms with E-state index in [1.165, 1.54) is 0 Å². The Hall–Kier alpha value is -0.370. The van der Waals surface area contributed by atoms with E-state index in [0.29, 0.717) is 18.3 Å². The first-order valence-corrected chi connectivity index (χ1v) is 3.72. The average Bonchev–Trinajstić information content (AvgIpc) is 2.09. The van der Waals surface area contributed by atoms with Crippen LogP contribution in [0.25, 0.3) is 0 Å². The largest absolute Gasteiger partial charge is 0.373 e. The van der Waals surface area contributed by atoms with Gasteiger partial charge in [0.2, 0.25) is 0 Å². The first-order valence-electron chi connectivity index (χ1n) is 3.72. The van der Waals surface area contributed by atoms with Crippen molar-refractivity contribution in [3.63, 3.8) is 0 Å². The normalized spacial score (nSPS) is 40.7. The van der Waals surface area contributed by atoms with E-state index in [1.807, 2.05) is 0 Å². The quantitative estimate of drug-likeness (QED) is 0.550. The molecule has 2 nitrogen and oxygen atoms in total. The van der Waals surface area contributed by atoms with Gasteiger partial charge in [-0.15, -0.1) is 0 Å². The summed E-state index contributed by atoms with van der Waals surface area (Å²) in [6, 6.07) is 0. The number of carbonyl (C=O) groups excluding carboxylic acids is 1. The molecular formula is C8H14O2. The topological polar surface area (TPSA) is 26.3 Å². The lowest BCUT2D eigenvalue weighted by Crippen LogP contribution is -2.22. The van der Waals surface area contributed by atoms with Gasteiger partial charge in [0, 0.05) is 13.5 Å². The molecule has 2 heteroatoms. The molecule has 0 heterocycles. The van der Waals surface area contributed by atoms with E-state index >= 15 is 0 Å². The van der Waals surface area contributed by atoms with Crippen molar-refractivity contribution >= 4 is 5.78 Å². The molecule has 0 saturated heterocycles. The summed E-state index contributed by atoms with van der Waals surface area (Å²) in [5, 5.41) is 0. The van der Waals surface area contributed by atoms with Gasteiger partial charge in [-0.3, -0.25) is 4.79 Å². The Labute approximate surface area is 61.6 Å². The Morgan fingerprint density at radius 3 is 2.30 bits per heavy atom. The molecule has 0 aliphatic heterocycles. The van der Waals surface area contributed by atoms with Crippen LogP contribution < -0.4 is 0 Å². The molecule has 0 aromatic carbocycles. The maximum atomic E-state index is 11.1. The van der Waals surface area contributed by atoms with Gasteiger partial charge in [-0.1, -0.05) is 13.8 Å². The molecule has 0 bridgehead atoms. The van der Waals surface area contributed by atoms with Gasteiger partial charge in [-0.2, -0.15) is 0 Å². The van der Waals surface area contributed by atoms with Gasteiger partial charge in [-0.05, 0) is 11.8 Å². The maximum Gasteiger partial charge on any atom is 0.162 e. The third kappa shape index (κ3) is 1.08. The SMILES string of the molecule is CO[C@@H]1C(=O)C[C@@H](C)[C@H]1C. The molecule has 0 radical (unpaired) electrons. The molecular weight excluding hydrogens is 128 g/mol. The third-order valence-electron chi connectivity index (χ3n) is 2.47. The Kier molecular flexibility index (Phi) is 2.09. The Balaban J connectivity index is 2.64. The van der Waals surface area contributed by atoms with Crippen molar-refractivity contribution in [2.24, 2.45) is 11.8 Å². The summed E-state index contributed by atoms with van der Waals surface area (Å²) in [5.41, 5.74) is 0. The van der Waals surface area contributed by atoms with Crippen LogP contribution in [-0.2, 0) is 9.53 Å². The highest BCUT2D eigenvalue weighted by Crippen LogP contribution is 2.29. The van der Waals surface area contributed by atoms with Gasteiger partial charge in [-0.25, -0.2) is 0 Å². The van der Waals surface area contributed by atoms with Crippen LogP contribution >= 0.6 is 0 Å². The van der Waals surface area contributed by atoms with Crippen molar-refractivity contribution in [3.8, 4) is 0 Å². The van der Waals surface area contributed by atoms with E-state index < -0.39 is 0 Å². The van der Waals surface area contributed by atoms with Crippen molar-refractivity contribution in [2.45, 2.75) is 26.4 Å². The molecule has 1 fully saturated rings. The zero-order valence-electron chi connectivity index (χ0n) is 6.76. The standard InChI is InChI=1S/C8H14O2/c1-5-4-7(9)8(10-3)6(5)2/h5-6,8H,4H2,1-3H3/t5-,6-,8+/m1/s1. The van der Waals surface area contributed by atoms with E-state index in [0.717, 1.165) is 0 Å². The summed E-state index contributed by atoms with van der Waals surface area (Å²) in [6.45, 7) is 4.17. The van der Waals surface area contributed by atoms with Gasteiger partial charge in [0.05, 0.1) is 0 Å². The second-order valence-corrected chi connectivity index (χ2v) is 3.16. The molecule has 0 unspecified atom stereocenters. The predicted molar refractivity (Wildman–Crippen MR) is 38.7 cm³/mol. The minimum atomic E-state index is -0.130. The van der Waals surface area contributed by atoms with Crippen LogP contribution in [0.4, 0.5) is 0 Å². The lowest BCUT2D eigenvalue weighted by Gasteiger charge is -2.13. The molecule has 0 spiro atoms. The third-order valence-corrected chi connectivity index (χ3v) is 2.47. The van der Waals surface area contributed by atoms with E-state index in [9.17, 15) is 4.79 Å². The molecule has 3 atom stereocenters. The fourth-order valence-corrected chi connectivity index (χ4v) is 1.56. The van der Waals surface area contributed by atoms with Crippen molar-refractivity contribution in [3.05, 3.63) is 0 Å². The molecule has 1 aliphatic rings. The molecule has 0 aromatic rings. The zero-order valence-corrected chi connectivity index (χ0v) is 6.76. The maximum absolute atomic E-state index is 11.1. The summed E-state index contributed by atoms with van der Waals surface area (Å²) in [7, 11) is 1.61. The molecule has 0 amide bonds. The number of rotatable bonds is 1. The van der Waals surface area contributed by atoms with E-state index in [2.05, 4.69) is 13.8 Å². The highest BCUT2D eigenvalue weighted by atomic mass is 16.5. The van der Waals surface area contributed by atoms with Crippen LogP contribution in [0.15, 0.2) is 0 Å². The van der Waals surface area contributed by atoms with Gasteiger partial charge in [0.25, 0.3) is 0 Å². The second-order valence-electron chi connectivity index (χ2n) is 3.16. The molecule has 0 N–H and O–H groups in total. The highest BCUT2D eigenvalue weighted by Gasteiger charge is 2.36. The summed E-state index contributed by atoms with van der Waals surface area (Å²) in [4.78, 5) is 11.1. The van der Waals surface area contributed by atoms with Crippen LogP contribution in [0.3, 0.4) is 0 Å². The smallest absolute Gasteiger partial charge is 0.162 e. The van der Waals surface area contributed by atoms with E-state index in [1.54, 1.807) is 7.11 Å². The molecule has 1 aliphatic carbocycles. The number of methoxy groups -OCH3 is 1. The first-order chi connectivity index (χ1) is 4.66. The monoisotopic (exact) mass is 142 g/mol. The summed E-state index contributed by atoms with van der Waals surface area (Å²) in [5.74, 6) is 1.16. The fraction of sp³-hybridized carbons (Fsp3) is 0.875. The molecule has 10 heavy (non-hydrogen) atoms. The van der Waals surface area contributed by atoms with E-state index in [-0.39, 0.29) is 11.9 Å². The van der Waals surface area contributed by atoms with Gasteiger partial charge in [0.1, 0.15) is 6.10 Å². The lowest BCUT2D eigenvalue weighted by molar-refractivity contribution is -0.126.